The molecule has 1 fully saturated rings. The highest BCUT2D eigenvalue weighted by Gasteiger charge is 2.35. The van der Waals surface area contributed by atoms with Crippen LogP contribution in [0.1, 0.15) is 51.3 Å². The van der Waals surface area contributed by atoms with Crippen molar-refractivity contribution in [2.75, 3.05) is 13.2 Å². The maximum atomic E-state index is 12.4. The molecule has 2 N–H and O–H groups in total. The summed E-state index contributed by atoms with van der Waals surface area (Å²) in [5.41, 5.74) is 6.30. The first-order valence-electron chi connectivity index (χ1n) is 7.53. The number of Topliss-reactive ketones (excluding diaryl/α,β-unsaturated/α-hetero) is 1. The number of ether oxygens (including phenoxy) is 1. The summed E-state index contributed by atoms with van der Waals surface area (Å²) in [6.45, 7) is 5.45. The number of ketones is 1. The van der Waals surface area contributed by atoms with Crippen LogP contribution in [0.15, 0.2) is 12.3 Å². The van der Waals surface area contributed by atoms with Gasteiger partial charge in [-0.05, 0) is 31.7 Å². The van der Waals surface area contributed by atoms with Gasteiger partial charge in [-0.3, -0.25) is 9.48 Å². The molecule has 0 aliphatic carbocycles. The summed E-state index contributed by atoms with van der Waals surface area (Å²) in [5, 5.41) is 4.53. The van der Waals surface area contributed by atoms with Crippen LogP contribution in [0.4, 0.5) is 0 Å². The van der Waals surface area contributed by atoms with Crippen molar-refractivity contribution in [3.63, 3.8) is 0 Å². The zero-order valence-corrected chi connectivity index (χ0v) is 12.5. The summed E-state index contributed by atoms with van der Waals surface area (Å²) in [6, 6.07) is 2.34. The number of hydrogen-bond donors (Lipinski definition) is 1. The average molecular weight is 279 g/mol. The topological polar surface area (TPSA) is 70.1 Å². The number of nitrogens with zero attached hydrogens (tertiary/aromatic N) is 2. The summed E-state index contributed by atoms with van der Waals surface area (Å²) in [5.74, 6) is 0.0793. The van der Waals surface area contributed by atoms with Crippen molar-refractivity contribution in [2.24, 2.45) is 5.73 Å². The van der Waals surface area contributed by atoms with Crippen LogP contribution >= 0.6 is 0 Å². The standard InChI is InChI=1S/C15H25N3O2/c1-3-13(4-2)18-8-5-12(17-18)11-14(19)15(16)6-9-20-10-7-15/h5,8,13H,3-4,6-7,9-11,16H2,1-2H3. The molecular formula is C15H25N3O2. The number of aromatic nitrogens is 2. The van der Waals surface area contributed by atoms with Gasteiger partial charge in [0.15, 0.2) is 5.78 Å². The van der Waals surface area contributed by atoms with Gasteiger partial charge in [-0.1, -0.05) is 13.8 Å². The minimum absolute atomic E-state index is 0.0793. The van der Waals surface area contributed by atoms with E-state index in [-0.39, 0.29) is 5.78 Å². The quantitative estimate of drug-likeness (QED) is 0.863. The van der Waals surface area contributed by atoms with Gasteiger partial charge in [-0.2, -0.15) is 5.10 Å². The Labute approximate surface area is 120 Å². The Hall–Kier alpha value is -1.20. The lowest BCUT2D eigenvalue weighted by molar-refractivity contribution is -0.126. The summed E-state index contributed by atoms with van der Waals surface area (Å²) in [7, 11) is 0. The smallest absolute Gasteiger partial charge is 0.158 e. The number of carbonyl (C=O) groups excluding carboxylic acids is 1. The molecule has 1 saturated heterocycles. The second-order valence-corrected chi connectivity index (χ2v) is 5.63. The molecule has 0 unspecified atom stereocenters. The second-order valence-electron chi connectivity index (χ2n) is 5.63. The highest BCUT2D eigenvalue weighted by Crippen LogP contribution is 2.21. The minimum Gasteiger partial charge on any atom is -0.381 e. The SMILES string of the molecule is CCC(CC)n1ccc(CC(=O)C2(N)CCOCC2)n1. The van der Waals surface area contributed by atoms with E-state index in [0.29, 0.717) is 38.5 Å². The van der Waals surface area contributed by atoms with E-state index in [2.05, 4.69) is 18.9 Å². The van der Waals surface area contributed by atoms with E-state index in [0.717, 1.165) is 18.5 Å². The normalized spacial score (nSPS) is 18.4. The van der Waals surface area contributed by atoms with Crippen molar-refractivity contribution in [1.29, 1.82) is 0 Å². The Morgan fingerprint density at radius 1 is 1.45 bits per heavy atom. The monoisotopic (exact) mass is 279 g/mol. The van der Waals surface area contributed by atoms with Crippen molar-refractivity contribution >= 4 is 5.78 Å². The molecule has 0 atom stereocenters. The Morgan fingerprint density at radius 2 is 2.10 bits per heavy atom. The maximum Gasteiger partial charge on any atom is 0.158 e. The third kappa shape index (κ3) is 3.27. The molecule has 0 bridgehead atoms. The summed E-state index contributed by atoms with van der Waals surface area (Å²) < 4.78 is 7.25. The Balaban J connectivity index is 2.01. The summed E-state index contributed by atoms with van der Waals surface area (Å²) in [6.07, 6.45) is 5.60. The van der Waals surface area contributed by atoms with Gasteiger partial charge in [0.25, 0.3) is 0 Å². The number of carbonyl (C=O) groups is 1. The van der Waals surface area contributed by atoms with E-state index in [4.69, 9.17) is 10.5 Å². The van der Waals surface area contributed by atoms with Gasteiger partial charge in [0.2, 0.25) is 0 Å². The molecule has 1 aliphatic heterocycles. The van der Waals surface area contributed by atoms with Gasteiger partial charge < -0.3 is 10.5 Å². The first kappa shape index (κ1) is 15.2. The van der Waals surface area contributed by atoms with Crippen molar-refractivity contribution in [3.05, 3.63) is 18.0 Å². The highest BCUT2D eigenvalue weighted by atomic mass is 16.5. The zero-order chi connectivity index (χ0) is 14.6. The van der Waals surface area contributed by atoms with E-state index in [1.54, 1.807) is 0 Å². The Morgan fingerprint density at radius 3 is 2.70 bits per heavy atom. The lowest BCUT2D eigenvalue weighted by Gasteiger charge is -2.31. The van der Waals surface area contributed by atoms with Crippen LogP contribution in [0.5, 0.6) is 0 Å². The van der Waals surface area contributed by atoms with E-state index < -0.39 is 5.54 Å². The fraction of sp³-hybridized carbons (Fsp3) is 0.733. The van der Waals surface area contributed by atoms with Crippen LogP contribution in [-0.2, 0) is 16.0 Å². The molecule has 0 radical (unpaired) electrons. The van der Waals surface area contributed by atoms with Crippen LogP contribution in [0, 0.1) is 0 Å². The predicted molar refractivity (Wildman–Crippen MR) is 77.5 cm³/mol. The number of nitrogens with two attached hydrogens (primary N) is 1. The van der Waals surface area contributed by atoms with Gasteiger partial charge in [-0.15, -0.1) is 0 Å². The van der Waals surface area contributed by atoms with E-state index >= 15 is 0 Å². The van der Waals surface area contributed by atoms with Crippen LogP contribution in [0.2, 0.25) is 0 Å². The fourth-order valence-corrected chi connectivity index (χ4v) is 2.69. The second kappa shape index (κ2) is 6.50. The Bertz CT molecular complexity index is 446. The van der Waals surface area contributed by atoms with Gasteiger partial charge in [-0.25, -0.2) is 0 Å². The molecule has 0 saturated carbocycles. The van der Waals surface area contributed by atoms with Gasteiger partial charge in [0, 0.05) is 19.4 Å². The van der Waals surface area contributed by atoms with E-state index in [1.165, 1.54) is 0 Å². The van der Waals surface area contributed by atoms with E-state index in [1.807, 2.05) is 16.9 Å². The van der Waals surface area contributed by atoms with Crippen molar-refractivity contribution in [1.82, 2.24) is 9.78 Å². The zero-order valence-electron chi connectivity index (χ0n) is 12.5. The number of hydrogen-bond acceptors (Lipinski definition) is 4. The van der Waals surface area contributed by atoms with Crippen LogP contribution in [0.3, 0.4) is 0 Å². The maximum absolute atomic E-state index is 12.4. The lowest BCUT2D eigenvalue weighted by Crippen LogP contribution is -2.52. The number of rotatable bonds is 6. The van der Waals surface area contributed by atoms with Crippen molar-refractivity contribution in [3.8, 4) is 0 Å². The van der Waals surface area contributed by atoms with Gasteiger partial charge in [0.1, 0.15) is 0 Å². The van der Waals surface area contributed by atoms with Crippen molar-refractivity contribution in [2.45, 2.75) is 57.5 Å². The first-order valence-corrected chi connectivity index (χ1v) is 7.53. The van der Waals surface area contributed by atoms with Crippen LogP contribution in [-0.4, -0.2) is 34.3 Å². The van der Waals surface area contributed by atoms with Crippen molar-refractivity contribution < 1.29 is 9.53 Å². The lowest BCUT2D eigenvalue weighted by atomic mass is 9.85. The molecule has 1 aromatic rings. The van der Waals surface area contributed by atoms with Crippen LogP contribution < -0.4 is 5.73 Å². The molecule has 5 heteroatoms. The van der Waals surface area contributed by atoms with Crippen LogP contribution in [0.25, 0.3) is 0 Å². The third-order valence-corrected chi connectivity index (χ3v) is 4.26. The molecule has 0 aromatic carbocycles. The fourth-order valence-electron chi connectivity index (χ4n) is 2.69. The predicted octanol–water partition coefficient (Wildman–Crippen LogP) is 1.86. The van der Waals surface area contributed by atoms with Gasteiger partial charge in [0.05, 0.1) is 23.7 Å². The Kier molecular flexibility index (Phi) is 4.94. The highest BCUT2D eigenvalue weighted by molar-refractivity contribution is 5.89. The summed E-state index contributed by atoms with van der Waals surface area (Å²) >= 11 is 0. The van der Waals surface area contributed by atoms with E-state index in [9.17, 15) is 4.79 Å². The molecule has 2 heterocycles. The third-order valence-electron chi connectivity index (χ3n) is 4.26. The first-order chi connectivity index (χ1) is 9.59. The molecule has 112 valence electrons. The molecule has 0 amide bonds. The molecular weight excluding hydrogens is 254 g/mol. The average Bonchev–Trinajstić information content (AvgIpc) is 2.89. The minimum atomic E-state index is -0.725. The molecule has 2 rings (SSSR count). The molecule has 0 spiro atoms. The molecule has 5 nitrogen and oxygen atoms in total. The van der Waals surface area contributed by atoms with Gasteiger partial charge >= 0.3 is 0 Å². The molecule has 1 aliphatic rings. The molecule has 1 aromatic heterocycles. The molecule has 20 heavy (non-hydrogen) atoms. The largest absolute Gasteiger partial charge is 0.381 e. The summed E-state index contributed by atoms with van der Waals surface area (Å²) in [4.78, 5) is 12.4.